The molecule has 3 heterocycles. The smallest absolute Gasteiger partial charge is 0.337 e. The third kappa shape index (κ3) is 9.77. The van der Waals surface area contributed by atoms with Crippen LogP contribution in [0.2, 0.25) is 0 Å². The van der Waals surface area contributed by atoms with Gasteiger partial charge in [0.1, 0.15) is 0 Å². The first-order valence-corrected chi connectivity index (χ1v) is 7.31. The van der Waals surface area contributed by atoms with Crippen molar-refractivity contribution in [2.24, 2.45) is 0 Å². The molecule has 0 fully saturated rings. The molecule has 0 bridgehead atoms. The summed E-state index contributed by atoms with van der Waals surface area (Å²) < 4.78 is 0. The number of aromatic carboxylic acids is 3. The molecule has 144 valence electrons. The number of nitrogens with zero attached hydrogens (tertiary/aromatic N) is 3. The second-order valence-corrected chi connectivity index (χ2v) is 4.64. The van der Waals surface area contributed by atoms with Gasteiger partial charge >= 0.3 is 17.9 Å². The largest absolute Gasteiger partial charge is 0.478 e. The fourth-order valence-corrected chi connectivity index (χ4v) is 1.47. The van der Waals surface area contributed by atoms with Crippen LogP contribution in [0.25, 0.3) is 0 Å². The van der Waals surface area contributed by atoms with Crippen LogP contribution in [-0.4, -0.2) is 48.2 Å². The van der Waals surface area contributed by atoms with Gasteiger partial charge in [0.2, 0.25) is 0 Å². The van der Waals surface area contributed by atoms with Gasteiger partial charge in [0.15, 0.2) is 0 Å². The minimum absolute atomic E-state index is 0. The summed E-state index contributed by atoms with van der Waals surface area (Å²) in [6.07, 6.45) is 8.53. The summed E-state index contributed by atoms with van der Waals surface area (Å²) >= 11 is 0. The zero-order valence-corrected chi connectivity index (χ0v) is 15.5. The molecule has 0 spiro atoms. The molecule has 0 saturated heterocycles. The van der Waals surface area contributed by atoms with E-state index in [2.05, 4.69) is 15.0 Å². The number of hydrogen-bond acceptors (Lipinski definition) is 6. The fourth-order valence-electron chi connectivity index (χ4n) is 1.47. The maximum atomic E-state index is 10.2. The van der Waals surface area contributed by atoms with Crippen LogP contribution < -0.4 is 0 Å². The van der Waals surface area contributed by atoms with Crippen molar-refractivity contribution < 1.29 is 47.1 Å². The minimum atomic E-state index is -0.942. The first-order valence-electron chi connectivity index (χ1n) is 7.31. The molecule has 3 rings (SSSR count). The number of rotatable bonds is 3. The Morgan fingerprint density at radius 1 is 0.571 bits per heavy atom. The molecule has 3 N–H and O–H groups in total. The van der Waals surface area contributed by atoms with E-state index in [1.165, 1.54) is 55.4 Å². The molecule has 28 heavy (non-hydrogen) atoms. The average Bonchev–Trinajstić information content (AvgIpc) is 2.71. The van der Waals surface area contributed by atoms with Crippen LogP contribution in [0.3, 0.4) is 0 Å². The molecule has 0 saturated carbocycles. The predicted molar refractivity (Wildman–Crippen MR) is 93.6 cm³/mol. The molecule has 0 aliphatic rings. The Kier molecular flexibility index (Phi) is 11.8. The molecular weight excluding hydrogens is 406 g/mol. The predicted octanol–water partition coefficient (Wildman–Crippen LogP) is 2.34. The Bertz CT molecular complexity index is 747. The number of carbonyl (C=O) groups is 3. The molecule has 10 heteroatoms. The maximum absolute atomic E-state index is 10.2. The van der Waals surface area contributed by atoms with Crippen molar-refractivity contribution in [2.75, 3.05) is 0 Å². The second-order valence-electron chi connectivity index (χ2n) is 4.64. The number of pyridine rings is 3. The summed E-state index contributed by atoms with van der Waals surface area (Å²) in [5.41, 5.74) is 0.660. The normalized spacial score (nSPS) is 8.57. The van der Waals surface area contributed by atoms with E-state index >= 15 is 0 Å². The van der Waals surface area contributed by atoms with Crippen LogP contribution in [0.5, 0.6) is 0 Å². The van der Waals surface area contributed by atoms with E-state index in [0.29, 0.717) is 0 Å². The van der Waals surface area contributed by atoms with Crippen molar-refractivity contribution in [1.82, 2.24) is 15.0 Å². The van der Waals surface area contributed by atoms with E-state index < -0.39 is 17.9 Å². The summed E-state index contributed by atoms with van der Waals surface area (Å²) in [7, 11) is 0. The molecule has 0 atom stereocenters. The second kappa shape index (κ2) is 13.6. The topological polar surface area (TPSA) is 151 Å². The van der Waals surface area contributed by atoms with Gasteiger partial charge in [-0.1, -0.05) is 0 Å². The Labute approximate surface area is 170 Å². The molecular formula is C18H15CrN3O6. The number of hydrogen-bond donors (Lipinski definition) is 3. The van der Waals surface area contributed by atoms with Crippen molar-refractivity contribution in [3.63, 3.8) is 0 Å². The zero-order chi connectivity index (χ0) is 20.1. The van der Waals surface area contributed by atoms with E-state index in [0.717, 1.165) is 0 Å². The monoisotopic (exact) mass is 421 g/mol. The van der Waals surface area contributed by atoms with Gasteiger partial charge in [0.25, 0.3) is 0 Å². The van der Waals surface area contributed by atoms with Crippen molar-refractivity contribution in [3.05, 3.63) is 90.3 Å². The van der Waals surface area contributed by atoms with Crippen LogP contribution in [0.4, 0.5) is 0 Å². The van der Waals surface area contributed by atoms with Crippen LogP contribution in [0.1, 0.15) is 31.1 Å². The van der Waals surface area contributed by atoms with E-state index in [1.54, 1.807) is 18.2 Å². The quantitative estimate of drug-likeness (QED) is 0.579. The summed E-state index contributed by atoms with van der Waals surface area (Å²) in [5, 5.41) is 25.0. The van der Waals surface area contributed by atoms with Crippen LogP contribution in [-0.2, 0) is 17.4 Å². The van der Waals surface area contributed by atoms with E-state index in [1.807, 2.05) is 0 Å². The van der Waals surface area contributed by atoms with E-state index in [9.17, 15) is 14.4 Å². The van der Waals surface area contributed by atoms with Crippen LogP contribution in [0, 0.1) is 0 Å². The Balaban J connectivity index is 0.000000384. The van der Waals surface area contributed by atoms with Gasteiger partial charge in [-0.15, -0.1) is 0 Å². The molecule has 0 aliphatic heterocycles. The first-order chi connectivity index (χ1) is 12.9. The molecule has 3 aromatic heterocycles. The van der Waals surface area contributed by atoms with Crippen LogP contribution in [0.15, 0.2) is 73.6 Å². The van der Waals surface area contributed by atoms with Crippen molar-refractivity contribution in [2.45, 2.75) is 0 Å². The Morgan fingerprint density at radius 2 is 0.821 bits per heavy atom. The molecule has 0 aromatic carbocycles. The van der Waals surface area contributed by atoms with E-state index in [4.69, 9.17) is 15.3 Å². The number of carboxylic acids is 3. The van der Waals surface area contributed by atoms with E-state index in [-0.39, 0.29) is 34.1 Å². The first kappa shape index (κ1) is 24.4. The van der Waals surface area contributed by atoms with Crippen LogP contribution >= 0.6 is 0 Å². The molecule has 0 radical (unpaired) electrons. The molecule has 0 unspecified atom stereocenters. The average molecular weight is 421 g/mol. The van der Waals surface area contributed by atoms with Crippen molar-refractivity contribution in [3.8, 4) is 0 Å². The molecule has 0 amide bonds. The summed E-state index contributed by atoms with van der Waals surface area (Å²) in [4.78, 5) is 41.4. The van der Waals surface area contributed by atoms with Gasteiger partial charge < -0.3 is 15.3 Å². The number of carboxylic acid groups (broad SMARTS) is 3. The summed E-state index contributed by atoms with van der Waals surface area (Å²) in [6.45, 7) is 0. The van der Waals surface area contributed by atoms with Gasteiger partial charge in [-0.2, -0.15) is 0 Å². The van der Waals surface area contributed by atoms with Gasteiger partial charge in [-0.25, -0.2) is 14.4 Å². The number of aromatic nitrogens is 3. The van der Waals surface area contributed by atoms with Gasteiger partial charge in [-0.05, 0) is 36.4 Å². The van der Waals surface area contributed by atoms with Gasteiger partial charge in [0, 0.05) is 54.5 Å². The van der Waals surface area contributed by atoms with Gasteiger partial charge in [-0.3, -0.25) is 15.0 Å². The fraction of sp³-hybridized carbons (Fsp3) is 0. The summed E-state index contributed by atoms with van der Waals surface area (Å²) in [6, 6.07) is 9.25. The zero-order valence-electron chi connectivity index (χ0n) is 14.2. The van der Waals surface area contributed by atoms with Crippen molar-refractivity contribution in [1.29, 1.82) is 0 Å². The SMILES string of the molecule is O=C(O)c1cccnc1.O=C(O)c1cccnc1.O=C(O)c1cccnc1.[Cr]. The van der Waals surface area contributed by atoms with Crippen molar-refractivity contribution >= 4 is 17.9 Å². The standard InChI is InChI=1S/3C6H5NO2.Cr/c3*8-6(9)5-2-1-3-7-4-5;/h3*1-4H,(H,8,9);. The molecule has 3 aromatic rings. The molecule has 0 aliphatic carbocycles. The third-order valence-corrected chi connectivity index (χ3v) is 2.73. The van der Waals surface area contributed by atoms with Gasteiger partial charge in [0.05, 0.1) is 16.7 Å². The summed E-state index contributed by atoms with van der Waals surface area (Å²) in [5.74, 6) is -2.82. The molecule has 9 nitrogen and oxygen atoms in total. The minimum Gasteiger partial charge on any atom is -0.478 e. The Morgan fingerprint density at radius 3 is 0.929 bits per heavy atom. The Hall–Kier alpha value is -3.61. The maximum Gasteiger partial charge on any atom is 0.337 e. The third-order valence-electron chi connectivity index (χ3n) is 2.73.